The molecule has 0 bridgehead atoms. The standard InChI is InChI=1S/C12H20N2O2/c1-4-5-7-15-8-6-13-9-12-10(2)14-16-11(12)3/h4,13H,1,5-9H2,2-3H3. The van der Waals surface area contributed by atoms with Gasteiger partial charge in [0.25, 0.3) is 0 Å². The Kier molecular flexibility index (Phi) is 5.82. The molecule has 0 spiro atoms. The number of aryl methyl sites for hydroxylation is 2. The molecule has 0 amide bonds. The van der Waals surface area contributed by atoms with Gasteiger partial charge in [-0.15, -0.1) is 6.58 Å². The first-order valence-corrected chi connectivity index (χ1v) is 5.56. The number of nitrogens with one attached hydrogen (secondary N) is 1. The maximum Gasteiger partial charge on any atom is 0.138 e. The second kappa shape index (κ2) is 7.19. The van der Waals surface area contributed by atoms with Crippen molar-refractivity contribution in [1.82, 2.24) is 10.5 Å². The largest absolute Gasteiger partial charge is 0.380 e. The van der Waals surface area contributed by atoms with Crippen LogP contribution in [0.15, 0.2) is 17.2 Å². The normalized spacial score (nSPS) is 10.6. The van der Waals surface area contributed by atoms with Gasteiger partial charge in [-0.05, 0) is 20.3 Å². The molecule has 0 radical (unpaired) electrons. The van der Waals surface area contributed by atoms with Crippen molar-refractivity contribution in [3.05, 3.63) is 29.7 Å². The van der Waals surface area contributed by atoms with Crippen LogP contribution in [0.4, 0.5) is 0 Å². The smallest absolute Gasteiger partial charge is 0.138 e. The van der Waals surface area contributed by atoms with Gasteiger partial charge in [-0.3, -0.25) is 0 Å². The number of hydrogen-bond donors (Lipinski definition) is 1. The summed E-state index contributed by atoms with van der Waals surface area (Å²) in [6.07, 6.45) is 2.77. The fraction of sp³-hybridized carbons (Fsp3) is 0.583. The summed E-state index contributed by atoms with van der Waals surface area (Å²) in [6.45, 7) is 10.6. The third-order valence-corrected chi connectivity index (χ3v) is 2.37. The van der Waals surface area contributed by atoms with Crippen LogP contribution in [0.3, 0.4) is 0 Å². The number of rotatable bonds is 8. The van der Waals surface area contributed by atoms with E-state index in [9.17, 15) is 0 Å². The quantitative estimate of drug-likeness (QED) is 0.542. The Labute approximate surface area is 96.7 Å². The van der Waals surface area contributed by atoms with E-state index in [2.05, 4.69) is 17.1 Å². The van der Waals surface area contributed by atoms with E-state index in [1.165, 1.54) is 0 Å². The lowest BCUT2D eigenvalue weighted by molar-refractivity contribution is 0.140. The second-order valence-electron chi connectivity index (χ2n) is 3.67. The van der Waals surface area contributed by atoms with Crippen LogP contribution in [0, 0.1) is 13.8 Å². The molecule has 0 saturated carbocycles. The van der Waals surface area contributed by atoms with Gasteiger partial charge in [-0.25, -0.2) is 0 Å². The third kappa shape index (κ3) is 4.16. The summed E-state index contributed by atoms with van der Waals surface area (Å²) in [5, 5.41) is 7.19. The molecule has 1 aromatic heterocycles. The lowest BCUT2D eigenvalue weighted by Gasteiger charge is -2.04. The van der Waals surface area contributed by atoms with Gasteiger partial charge in [0.1, 0.15) is 5.76 Å². The monoisotopic (exact) mass is 224 g/mol. The van der Waals surface area contributed by atoms with Gasteiger partial charge in [0, 0.05) is 18.7 Å². The van der Waals surface area contributed by atoms with Crippen molar-refractivity contribution in [2.45, 2.75) is 26.8 Å². The Balaban J connectivity index is 2.09. The summed E-state index contributed by atoms with van der Waals surface area (Å²) in [5.41, 5.74) is 2.10. The minimum atomic E-state index is 0.719. The Morgan fingerprint density at radius 1 is 1.44 bits per heavy atom. The van der Waals surface area contributed by atoms with E-state index in [4.69, 9.17) is 9.26 Å². The fourth-order valence-corrected chi connectivity index (χ4v) is 1.38. The SMILES string of the molecule is C=CCCOCCNCc1c(C)noc1C. The van der Waals surface area contributed by atoms with Gasteiger partial charge in [-0.1, -0.05) is 11.2 Å². The lowest BCUT2D eigenvalue weighted by atomic mass is 10.2. The number of nitrogens with zero attached hydrogens (tertiary/aromatic N) is 1. The molecular formula is C12H20N2O2. The summed E-state index contributed by atoms with van der Waals surface area (Å²) in [4.78, 5) is 0. The molecule has 0 fully saturated rings. The minimum Gasteiger partial charge on any atom is -0.380 e. The molecule has 0 aliphatic carbocycles. The van der Waals surface area contributed by atoms with Crippen LogP contribution >= 0.6 is 0 Å². The van der Waals surface area contributed by atoms with Gasteiger partial charge >= 0.3 is 0 Å². The number of ether oxygens (including phenoxy) is 1. The minimum absolute atomic E-state index is 0.719. The molecule has 16 heavy (non-hydrogen) atoms. The molecule has 1 N–H and O–H groups in total. The Hall–Kier alpha value is -1.13. The highest BCUT2D eigenvalue weighted by molar-refractivity contribution is 5.20. The van der Waals surface area contributed by atoms with Crippen LogP contribution in [-0.4, -0.2) is 24.9 Å². The average Bonchev–Trinajstić information content (AvgIpc) is 2.59. The highest BCUT2D eigenvalue weighted by Crippen LogP contribution is 2.10. The van der Waals surface area contributed by atoms with Crippen LogP contribution < -0.4 is 5.32 Å². The summed E-state index contributed by atoms with van der Waals surface area (Å²) in [7, 11) is 0. The van der Waals surface area contributed by atoms with Gasteiger partial charge < -0.3 is 14.6 Å². The van der Waals surface area contributed by atoms with E-state index in [-0.39, 0.29) is 0 Å². The van der Waals surface area contributed by atoms with Crippen molar-refractivity contribution in [3.8, 4) is 0 Å². The molecule has 4 nitrogen and oxygen atoms in total. The van der Waals surface area contributed by atoms with Crippen molar-refractivity contribution in [1.29, 1.82) is 0 Å². The number of aromatic nitrogens is 1. The summed E-state index contributed by atoms with van der Waals surface area (Å²) in [6, 6.07) is 0. The Morgan fingerprint density at radius 2 is 2.25 bits per heavy atom. The van der Waals surface area contributed by atoms with Crippen molar-refractivity contribution in [2.75, 3.05) is 19.8 Å². The van der Waals surface area contributed by atoms with Gasteiger partial charge in [0.2, 0.25) is 0 Å². The van der Waals surface area contributed by atoms with E-state index in [0.717, 1.165) is 49.7 Å². The molecule has 0 saturated heterocycles. The molecule has 0 aliphatic heterocycles. The fourth-order valence-electron chi connectivity index (χ4n) is 1.38. The molecular weight excluding hydrogens is 204 g/mol. The zero-order valence-electron chi connectivity index (χ0n) is 10.1. The molecule has 4 heteroatoms. The van der Waals surface area contributed by atoms with Crippen LogP contribution in [0.1, 0.15) is 23.4 Å². The summed E-state index contributed by atoms with van der Waals surface area (Å²) >= 11 is 0. The second-order valence-corrected chi connectivity index (χ2v) is 3.67. The van der Waals surface area contributed by atoms with E-state index >= 15 is 0 Å². The molecule has 0 unspecified atom stereocenters. The van der Waals surface area contributed by atoms with Crippen molar-refractivity contribution < 1.29 is 9.26 Å². The van der Waals surface area contributed by atoms with Crippen LogP contribution in [0.5, 0.6) is 0 Å². The molecule has 0 atom stereocenters. The number of hydrogen-bond acceptors (Lipinski definition) is 4. The third-order valence-electron chi connectivity index (χ3n) is 2.37. The van der Waals surface area contributed by atoms with Gasteiger partial charge in [-0.2, -0.15) is 0 Å². The molecule has 1 rings (SSSR count). The highest BCUT2D eigenvalue weighted by Gasteiger charge is 2.07. The van der Waals surface area contributed by atoms with Crippen molar-refractivity contribution >= 4 is 0 Å². The first-order chi connectivity index (χ1) is 7.75. The zero-order chi connectivity index (χ0) is 11.8. The highest BCUT2D eigenvalue weighted by atomic mass is 16.5. The molecule has 0 aliphatic rings. The van der Waals surface area contributed by atoms with E-state index < -0.39 is 0 Å². The molecule has 0 aromatic carbocycles. The average molecular weight is 224 g/mol. The van der Waals surface area contributed by atoms with Crippen LogP contribution in [-0.2, 0) is 11.3 Å². The van der Waals surface area contributed by atoms with E-state index in [1.807, 2.05) is 19.9 Å². The van der Waals surface area contributed by atoms with Crippen LogP contribution in [0.2, 0.25) is 0 Å². The zero-order valence-corrected chi connectivity index (χ0v) is 10.1. The van der Waals surface area contributed by atoms with E-state index in [0.29, 0.717) is 0 Å². The van der Waals surface area contributed by atoms with Crippen LogP contribution in [0.25, 0.3) is 0 Å². The Morgan fingerprint density at radius 3 is 2.88 bits per heavy atom. The van der Waals surface area contributed by atoms with Crippen molar-refractivity contribution in [3.63, 3.8) is 0 Å². The maximum atomic E-state index is 5.38. The molecule has 1 aromatic rings. The molecule has 1 heterocycles. The summed E-state index contributed by atoms with van der Waals surface area (Å²) in [5.74, 6) is 0.887. The first kappa shape index (κ1) is 12.9. The maximum absolute atomic E-state index is 5.38. The topological polar surface area (TPSA) is 47.3 Å². The first-order valence-electron chi connectivity index (χ1n) is 5.56. The predicted molar refractivity (Wildman–Crippen MR) is 63.3 cm³/mol. The lowest BCUT2D eigenvalue weighted by Crippen LogP contribution is -2.20. The van der Waals surface area contributed by atoms with Gasteiger partial charge in [0.15, 0.2) is 0 Å². The molecule has 90 valence electrons. The summed E-state index contributed by atoms with van der Waals surface area (Å²) < 4.78 is 10.5. The predicted octanol–water partition coefficient (Wildman–Crippen LogP) is 1.97. The van der Waals surface area contributed by atoms with Gasteiger partial charge in [0.05, 0.1) is 18.9 Å². The van der Waals surface area contributed by atoms with Crippen molar-refractivity contribution in [2.24, 2.45) is 0 Å². The van der Waals surface area contributed by atoms with E-state index in [1.54, 1.807) is 0 Å². The Bertz CT molecular complexity index is 301.